The fourth-order valence-corrected chi connectivity index (χ4v) is 10.1. The third-order valence-corrected chi connectivity index (χ3v) is 12.9. The number of hydrogen-bond donors (Lipinski definition) is 2. The molecule has 3 heterocycles. The molecule has 4 aromatic rings. The molecule has 3 unspecified atom stereocenters. The van der Waals surface area contributed by atoms with E-state index in [1.165, 1.54) is 16.7 Å². The van der Waals surface area contributed by atoms with Gasteiger partial charge in [-0.1, -0.05) is 108 Å². The fraction of sp³-hybridized carbons (Fsp3) is 0.283. The summed E-state index contributed by atoms with van der Waals surface area (Å²) in [5, 5.41) is 7.80. The van der Waals surface area contributed by atoms with Crippen LogP contribution in [0.1, 0.15) is 49.4 Å². The van der Waals surface area contributed by atoms with Crippen LogP contribution in [0.2, 0.25) is 0 Å². The number of carbonyl (C=O) groups excluding carboxylic acids is 4. The second kappa shape index (κ2) is 19.5. The van der Waals surface area contributed by atoms with Crippen LogP contribution >= 0.6 is 23.4 Å². The molecule has 3 aliphatic heterocycles. The molecule has 4 aromatic carbocycles. The number of halogens is 1. The van der Waals surface area contributed by atoms with Crippen molar-refractivity contribution in [3.8, 4) is 5.75 Å². The van der Waals surface area contributed by atoms with E-state index in [0.717, 1.165) is 22.3 Å². The minimum absolute atomic E-state index is 0.0154. The lowest BCUT2D eigenvalue weighted by Gasteiger charge is -2.49. The number of methoxy groups -OCH3 is 1. The van der Waals surface area contributed by atoms with Crippen molar-refractivity contribution >= 4 is 63.0 Å². The van der Waals surface area contributed by atoms with Crippen molar-refractivity contribution < 1.29 is 38.2 Å². The van der Waals surface area contributed by atoms with Gasteiger partial charge >= 0.3 is 11.9 Å². The fourth-order valence-electron chi connectivity index (χ4n) is 7.13. The Hall–Kier alpha value is -5.74. The molecule has 1 saturated heterocycles. The number of amides is 2. The summed E-state index contributed by atoms with van der Waals surface area (Å²) in [6.45, 7) is 4.84. The summed E-state index contributed by atoms with van der Waals surface area (Å²) in [7, 11) is 0.336. The number of nitrogens with one attached hydrogen (secondary N) is 2. The normalized spacial score (nSPS) is 19.3. The first-order valence-electron chi connectivity index (χ1n) is 19.7. The number of amidine groups is 1. The van der Waals surface area contributed by atoms with Crippen LogP contribution in [0.15, 0.2) is 147 Å². The number of β-lactam (4-membered cyclic amide) rings is 1. The summed E-state index contributed by atoms with van der Waals surface area (Å²) in [5.74, 6) is -1.08. The summed E-state index contributed by atoms with van der Waals surface area (Å²) >= 11 is 7.66. The average molecular weight is 896 g/mol. The molecule has 3 atom stereocenters. The molecule has 0 bridgehead atoms. The van der Waals surface area contributed by atoms with E-state index in [4.69, 9.17) is 35.6 Å². The first-order chi connectivity index (χ1) is 29.9. The highest BCUT2D eigenvalue weighted by molar-refractivity contribution is 8.05. The van der Waals surface area contributed by atoms with E-state index in [-0.39, 0.29) is 24.6 Å². The second-order valence-electron chi connectivity index (χ2n) is 15.4. The maximum absolute atomic E-state index is 13.8. The standard InChI is InChI=1S/C46H46ClN5O8S2/c1-45(2,3)60-38(54)27-59-51-62-29-35(48-44(62)50-46(32-14-8-5-9-15-32,33-16-10-6-11-17-33)34-18-12-7-13-19-34)24-37(53)49-39-41(55)52-40(31(25-47)28-61-42(39)52)43(56)58-26-30-20-22-36(57-4)23-21-30/h5-23,29,39,42H,24-28H2,1-4H3,(H,48,50)(H,49,53). The lowest BCUT2D eigenvalue weighted by atomic mass is 9.77. The molecule has 2 N–H and O–H groups in total. The lowest BCUT2D eigenvalue weighted by Crippen LogP contribution is -2.70. The van der Waals surface area contributed by atoms with Crippen molar-refractivity contribution in [3.63, 3.8) is 0 Å². The maximum atomic E-state index is 13.8. The number of rotatable bonds is 15. The first-order valence-corrected chi connectivity index (χ1v) is 22.6. The van der Waals surface area contributed by atoms with E-state index in [1.54, 1.807) is 57.6 Å². The molecule has 322 valence electrons. The van der Waals surface area contributed by atoms with Gasteiger partial charge in [-0.15, -0.1) is 23.4 Å². The third kappa shape index (κ3) is 9.97. The predicted octanol–water partition coefficient (Wildman–Crippen LogP) is 6.89. The molecule has 13 nitrogen and oxygen atoms in total. The highest BCUT2D eigenvalue weighted by Crippen LogP contribution is 2.43. The molecule has 62 heavy (non-hydrogen) atoms. The molecular weight excluding hydrogens is 850 g/mol. The third-order valence-electron chi connectivity index (χ3n) is 9.90. The number of ether oxygens (including phenoxy) is 3. The van der Waals surface area contributed by atoms with Crippen LogP contribution in [0.5, 0.6) is 5.75 Å². The topological polar surface area (TPSA) is 157 Å². The first kappa shape index (κ1) is 44.3. The van der Waals surface area contributed by atoms with Crippen molar-refractivity contribution in [2.75, 3.05) is 25.3 Å². The minimum atomic E-state index is -1.23. The van der Waals surface area contributed by atoms with Crippen LogP contribution in [0.25, 0.3) is 0 Å². The zero-order chi connectivity index (χ0) is 43.9. The Kier molecular flexibility index (Phi) is 14.0. The van der Waals surface area contributed by atoms with Crippen LogP contribution in [0.3, 0.4) is 0 Å². The molecule has 0 spiro atoms. The zero-order valence-electron chi connectivity index (χ0n) is 34.5. The van der Waals surface area contributed by atoms with Gasteiger partial charge in [-0.3, -0.25) is 14.5 Å². The summed E-state index contributed by atoms with van der Waals surface area (Å²) in [4.78, 5) is 65.9. The highest BCUT2D eigenvalue weighted by atomic mass is 35.5. The molecule has 3 aliphatic rings. The van der Waals surface area contributed by atoms with Crippen LogP contribution in [-0.4, -0.2) is 76.2 Å². The molecule has 16 heteroatoms. The molecule has 1 fully saturated rings. The summed E-state index contributed by atoms with van der Waals surface area (Å²) in [6.07, 6.45) is -0.167. The van der Waals surface area contributed by atoms with Gasteiger partial charge in [0.2, 0.25) is 5.91 Å². The van der Waals surface area contributed by atoms with Gasteiger partial charge in [-0.25, -0.2) is 19.4 Å². The Morgan fingerprint density at radius 1 is 0.903 bits per heavy atom. The van der Waals surface area contributed by atoms with Crippen molar-refractivity contribution in [1.82, 2.24) is 15.5 Å². The number of thioether (sulfide) groups is 1. The molecular formula is C46H46ClN5O8S2. The number of esters is 2. The van der Waals surface area contributed by atoms with Gasteiger partial charge in [0, 0.05) is 33.4 Å². The Morgan fingerprint density at radius 3 is 2.05 bits per heavy atom. The van der Waals surface area contributed by atoms with Gasteiger partial charge in [0.05, 0.1) is 13.5 Å². The van der Waals surface area contributed by atoms with Gasteiger partial charge < -0.3 is 24.8 Å². The van der Waals surface area contributed by atoms with Gasteiger partial charge in [-0.05, 0) is 60.7 Å². The van der Waals surface area contributed by atoms with Crippen molar-refractivity contribution in [2.45, 2.75) is 56.4 Å². The van der Waals surface area contributed by atoms with Crippen molar-refractivity contribution in [2.24, 2.45) is 9.52 Å². The van der Waals surface area contributed by atoms with E-state index in [2.05, 4.69) is 15.2 Å². The van der Waals surface area contributed by atoms with E-state index in [1.807, 2.05) is 91.0 Å². The van der Waals surface area contributed by atoms with E-state index >= 15 is 0 Å². The largest absolute Gasteiger partial charge is 0.497 e. The quantitative estimate of drug-likeness (QED) is 0.0424. The van der Waals surface area contributed by atoms with Crippen LogP contribution in [0.4, 0.5) is 0 Å². The molecule has 0 saturated carbocycles. The number of nitrogens with zero attached hydrogens (tertiary/aromatic N) is 3. The van der Waals surface area contributed by atoms with E-state index in [0.29, 0.717) is 27.9 Å². The van der Waals surface area contributed by atoms with Gasteiger partial charge in [-0.2, -0.15) is 0 Å². The maximum Gasteiger partial charge on any atom is 0.355 e. The van der Waals surface area contributed by atoms with Gasteiger partial charge in [0.25, 0.3) is 5.91 Å². The SMILES string of the molecule is COc1ccc(COC(=O)C2=C(CCl)CSC3C(NC(=O)CC4=C/S(=N\OCC(=O)OC(C)(C)C)C(=NC(c5ccccc5)(c5ccccc5)c5ccccc5)N4)C(=O)N23)cc1. The second-order valence-corrected chi connectivity index (χ2v) is 18.2. The van der Waals surface area contributed by atoms with Crippen molar-refractivity contribution in [3.05, 3.63) is 160 Å². The minimum Gasteiger partial charge on any atom is -0.497 e. The average Bonchev–Trinajstić information content (AvgIpc) is 3.65. The number of fused-ring (bicyclic) bond motifs is 1. The Morgan fingerprint density at radius 2 is 1.50 bits per heavy atom. The number of benzene rings is 4. The predicted molar refractivity (Wildman–Crippen MR) is 240 cm³/mol. The van der Waals surface area contributed by atoms with Gasteiger partial charge in [0.15, 0.2) is 11.8 Å². The zero-order valence-corrected chi connectivity index (χ0v) is 36.9. The number of aliphatic imine (C=N–C) groups is 1. The van der Waals surface area contributed by atoms with Crippen LogP contribution in [-0.2, 0) is 56.3 Å². The number of hydrogen-bond acceptors (Lipinski definition) is 11. The van der Waals surface area contributed by atoms with Crippen molar-refractivity contribution in [1.29, 1.82) is 0 Å². The monoisotopic (exact) mass is 895 g/mol. The summed E-state index contributed by atoms with van der Waals surface area (Å²) in [5.41, 5.74) is 2.72. The molecule has 2 amide bonds. The summed E-state index contributed by atoms with van der Waals surface area (Å²) in [6, 6.07) is 35.8. The Labute approximate surface area is 371 Å². The lowest BCUT2D eigenvalue weighted by molar-refractivity contribution is -0.160. The Bertz CT molecular complexity index is 2330. The Balaban J connectivity index is 1.13. The molecule has 0 aliphatic carbocycles. The molecule has 0 radical (unpaired) electrons. The number of carbonyl (C=O) groups is 4. The van der Waals surface area contributed by atoms with E-state index < -0.39 is 63.6 Å². The summed E-state index contributed by atoms with van der Waals surface area (Å²) < 4.78 is 20.7. The smallest absolute Gasteiger partial charge is 0.355 e. The van der Waals surface area contributed by atoms with Crippen LogP contribution in [0, 0.1) is 0 Å². The van der Waals surface area contributed by atoms with E-state index in [9.17, 15) is 19.2 Å². The number of alkyl halides is 1. The molecule has 0 aromatic heterocycles. The molecule has 7 rings (SSSR count). The highest BCUT2D eigenvalue weighted by Gasteiger charge is 2.54. The van der Waals surface area contributed by atoms with Gasteiger partial charge in [0.1, 0.15) is 40.6 Å². The van der Waals surface area contributed by atoms with Crippen LogP contribution < -0.4 is 15.4 Å².